The highest BCUT2D eigenvalue weighted by Crippen LogP contribution is 2.31. The quantitative estimate of drug-likeness (QED) is 0.441. The summed E-state index contributed by atoms with van der Waals surface area (Å²) in [5.74, 6) is -0.981. The molecule has 9 nitrogen and oxygen atoms in total. The molecule has 3 N–H and O–H groups in total. The molecule has 2 aromatic rings. The number of thioether (sulfide) groups is 1. The van der Waals surface area contributed by atoms with Crippen LogP contribution in [0.1, 0.15) is 25.8 Å². The smallest absolute Gasteiger partial charge is 0.344 e. The van der Waals surface area contributed by atoms with Gasteiger partial charge in [0.25, 0.3) is 5.91 Å². The van der Waals surface area contributed by atoms with Gasteiger partial charge in [-0.25, -0.2) is 4.79 Å². The predicted octanol–water partition coefficient (Wildman–Crippen LogP) is 1.95. The SMILES string of the molecule is CCNc1nnc(SCC(=O)NN2C(=O)NC(CC)(c3ccccc3)C2=O)s1. The number of carbonyl (C=O) groups excluding carboxylic acids is 3. The summed E-state index contributed by atoms with van der Waals surface area (Å²) in [6.45, 7) is 4.49. The first-order chi connectivity index (χ1) is 13.5. The van der Waals surface area contributed by atoms with E-state index in [-0.39, 0.29) is 5.75 Å². The molecule has 1 atom stereocenters. The number of imide groups is 1. The van der Waals surface area contributed by atoms with E-state index in [4.69, 9.17) is 0 Å². The number of hydrogen-bond donors (Lipinski definition) is 3. The van der Waals surface area contributed by atoms with Crippen molar-refractivity contribution in [1.29, 1.82) is 0 Å². The molecule has 28 heavy (non-hydrogen) atoms. The van der Waals surface area contributed by atoms with Crippen molar-refractivity contribution in [3.05, 3.63) is 35.9 Å². The Morgan fingerprint density at radius 2 is 2.00 bits per heavy atom. The number of aromatic nitrogens is 2. The standard InChI is InChI=1S/C17H20N6O3S2/c1-3-17(11-8-6-5-7-9-11)13(25)23(15(26)19-17)22-12(24)10-27-16-21-20-14(28-16)18-4-2/h5-9H,3-4,10H2,1-2H3,(H,18,20)(H,19,26)(H,22,24). The predicted molar refractivity (Wildman–Crippen MR) is 107 cm³/mol. The molecule has 1 aromatic carbocycles. The summed E-state index contributed by atoms with van der Waals surface area (Å²) in [6, 6.07) is 8.33. The van der Waals surface area contributed by atoms with Crippen LogP contribution < -0.4 is 16.1 Å². The fourth-order valence-corrected chi connectivity index (χ4v) is 4.43. The van der Waals surface area contributed by atoms with Gasteiger partial charge in [-0.3, -0.25) is 15.0 Å². The van der Waals surface area contributed by atoms with Crippen molar-refractivity contribution in [1.82, 2.24) is 25.9 Å². The van der Waals surface area contributed by atoms with E-state index >= 15 is 0 Å². The molecule has 1 aliphatic heterocycles. The third-order valence-corrected chi connectivity index (χ3v) is 6.20. The van der Waals surface area contributed by atoms with Crippen LogP contribution in [-0.4, -0.2) is 45.3 Å². The number of hydrazine groups is 1. The number of hydrogen-bond acceptors (Lipinski definition) is 8. The van der Waals surface area contributed by atoms with Gasteiger partial charge < -0.3 is 10.6 Å². The van der Waals surface area contributed by atoms with Crippen LogP contribution in [0.4, 0.5) is 9.93 Å². The fourth-order valence-electron chi connectivity index (χ4n) is 2.81. The summed E-state index contributed by atoms with van der Waals surface area (Å²) >= 11 is 2.52. The normalized spacial score (nSPS) is 18.9. The van der Waals surface area contributed by atoms with Gasteiger partial charge in [0, 0.05) is 6.54 Å². The molecule has 4 amide bonds. The number of anilines is 1. The van der Waals surface area contributed by atoms with Crippen LogP contribution in [0.5, 0.6) is 0 Å². The van der Waals surface area contributed by atoms with Crippen LogP contribution in [0.25, 0.3) is 0 Å². The van der Waals surface area contributed by atoms with Crippen molar-refractivity contribution in [2.45, 2.75) is 30.1 Å². The highest BCUT2D eigenvalue weighted by molar-refractivity contribution is 8.01. The number of carbonyl (C=O) groups is 3. The van der Waals surface area contributed by atoms with E-state index < -0.39 is 23.4 Å². The van der Waals surface area contributed by atoms with Crippen LogP contribution >= 0.6 is 23.1 Å². The van der Waals surface area contributed by atoms with Gasteiger partial charge in [-0.15, -0.1) is 10.2 Å². The van der Waals surface area contributed by atoms with Gasteiger partial charge in [-0.1, -0.05) is 60.4 Å². The summed E-state index contributed by atoms with van der Waals surface area (Å²) in [5.41, 5.74) is 1.88. The van der Waals surface area contributed by atoms with E-state index in [1.54, 1.807) is 24.3 Å². The Morgan fingerprint density at radius 1 is 1.25 bits per heavy atom. The van der Waals surface area contributed by atoms with Crippen molar-refractivity contribution in [2.75, 3.05) is 17.6 Å². The average Bonchev–Trinajstić information content (AvgIpc) is 3.25. The van der Waals surface area contributed by atoms with Crippen molar-refractivity contribution in [3.63, 3.8) is 0 Å². The molecule has 148 valence electrons. The monoisotopic (exact) mass is 420 g/mol. The number of benzene rings is 1. The Kier molecular flexibility index (Phi) is 6.15. The summed E-state index contributed by atoms with van der Waals surface area (Å²) < 4.78 is 0.621. The topological polar surface area (TPSA) is 116 Å². The van der Waals surface area contributed by atoms with Gasteiger partial charge in [0.2, 0.25) is 11.0 Å². The lowest BCUT2D eigenvalue weighted by atomic mass is 9.87. The Balaban J connectivity index is 1.64. The van der Waals surface area contributed by atoms with Gasteiger partial charge in [-0.2, -0.15) is 5.01 Å². The molecule has 0 spiro atoms. The Hall–Kier alpha value is -2.66. The first kappa shape index (κ1) is 20.1. The molecule has 1 aromatic heterocycles. The lowest BCUT2D eigenvalue weighted by Crippen LogP contribution is -2.49. The van der Waals surface area contributed by atoms with Gasteiger partial charge in [0.05, 0.1) is 5.75 Å². The maximum absolute atomic E-state index is 12.9. The van der Waals surface area contributed by atoms with E-state index in [1.807, 2.05) is 19.9 Å². The summed E-state index contributed by atoms with van der Waals surface area (Å²) in [5, 5.41) is 15.1. The molecular weight excluding hydrogens is 400 g/mol. The molecule has 0 saturated carbocycles. The third kappa shape index (κ3) is 3.94. The van der Waals surface area contributed by atoms with E-state index in [0.717, 1.165) is 11.6 Å². The summed E-state index contributed by atoms with van der Waals surface area (Å²) in [7, 11) is 0. The maximum atomic E-state index is 12.9. The molecule has 11 heteroatoms. The van der Waals surface area contributed by atoms with E-state index in [9.17, 15) is 14.4 Å². The molecule has 1 saturated heterocycles. The minimum absolute atomic E-state index is 0.00226. The first-order valence-electron chi connectivity index (χ1n) is 8.72. The number of nitrogens with one attached hydrogen (secondary N) is 3. The Morgan fingerprint density at radius 3 is 2.68 bits per heavy atom. The number of rotatable bonds is 8. The minimum atomic E-state index is -1.18. The second kappa shape index (κ2) is 8.57. The lowest BCUT2D eigenvalue weighted by molar-refractivity contribution is -0.138. The maximum Gasteiger partial charge on any atom is 0.344 e. The zero-order valence-corrected chi connectivity index (χ0v) is 17.0. The number of nitrogens with zero attached hydrogens (tertiary/aromatic N) is 3. The van der Waals surface area contributed by atoms with Crippen LogP contribution in [0.2, 0.25) is 0 Å². The van der Waals surface area contributed by atoms with Gasteiger partial charge in [0.1, 0.15) is 5.54 Å². The number of amides is 4. The number of urea groups is 1. The second-order valence-electron chi connectivity index (χ2n) is 5.92. The average molecular weight is 421 g/mol. The third-order valence-electron chi connectivity index (χ3n) is 4.19. The van der Waals surface area contributed by atoms with Crippen molar-refractivity contribution in [2.24, 2.45) is 0 Å². The van der Waals surface area contributed by atoms with Crippen LogP contribution in [0.3, 0.4) is 0 Å². The summed E-state index contributed by atoms with van der Waals surface area (Å²) in [4.78, 5) is 37.6. The van der Waals surface area contributed by atoms with Crippen molar-refractivity contribution < 1.29 is 14.4 Å². The Labute approximate surface area is 170 Å². The van der Waals surface area contributed by atoms with Gasteiger partial charge in [0.15, 0.2) is 4.34 Å². The fraction of sp³-hybridized carbons (Fsp3) is 0.353. The van der Waals surface area contributed by atoms with Gasteiger partial charge in [-0.05, 0) is 18.9 Å². The van der Waals surface area contributed by atoms with Crippen LogP contribution in [0.15, 0.2) is 34.7 Å². The van der Waals surface area contributed by atoms with E-state index in [0.29, 0.717) is 21.5 Å². The highest BCUT2D eigenvalue weighted by Gasteiger charge is 2.52. The molecule has 1 unspecified atom stereocenters. The molecule has 1 aliphatic rings. The van der Waals surface area contributed by atoms with E-state index in [1.165, 1.54) is 23.1 Å². The van der Waals surface area contributed by atoms with Crippen LogP contribution in [0, 0.1) is 0 Å². The second-order valence-corrected chi connectivity index (χ2v) is 8.12. The molecule has 2 heterocycles. The first-order valence-corrected chi connectivity index (χ1v) is 10.5. The highest BCUT2D eigenvalue weighted by atomic mass is 32.2. The zero-order valence-electron chi connectivity index (χ0n) is 15.4. The van der Waals surface area contributed by atoms with Crippen molar-refractivity contribution >= 4 is 46.1 Å². The van der Waals surface area contributed by atoms with Crippen molar-refractivity contribution in [3.8, 4) is 0 Å². The molecule has 1 fully saturated rings. The van der Waals surface area contributed by atoms with Gasteiger partial charge >= 0.3 is 6.03 Å². The largest absolute Gasteiger partial charge is 0.360 e. The molecule has 0 bridgehead atoms. The summed E-state index contributed by atoms with van der Waals surface area (Å²) in [6.07, 6.45) is 0.362. The van der Waals surface area contributed by atoms with Crippen LogP contribution in [-0.2, 0) is 15.1 Å². The lowest BCUT2D eigenvalue weighted by Gasteiger charge is -2.25. The molecule has 0 radical (unpaired) electrons. The van der Waals surface area contributed by atoms with E-state index in [2.05, 4.69) is 26.3 Å². The molecule has 0 aliphatic carbocycles. The molecular formula is C17H20N6O3S2. The minimum Gasteiger partial charge on any atom is -0.360 e. The molecule has 3 rings (SSSR count). The zero-order chi connectivity index (χ0) is 20.1. The Bertz CT molecular complexity index is 875.